The molecule has 3 atom stereocenters. The summed E-state index contributed by atoms with van der Waals surface area (Å²) < 4.78 is 29.1. The van der Waals surface area contributed by atoms with Crippen molar-refractivity contribution in [2.75, 3.05) is 32.7 Å². The van der Waals surface area contributed by atoms with Crippen molar-refractivity contribution in [2.24, 2.45) is 17.8 Å². The van der Waals surface area contributed by atoms with Gasteiger partial charge in [-0.05, 0) is 56.5 Å². The van der Waals surface area contributed by atoms with Crippen LogP contribution in [0.5, 0.6) is 0 Å². The Morgan fingerprint density at radius 3 is 2.48 bits per heavy atom. The van der Waals surface area contributed by atoms with Crippen molar-refractivity contribution in [2.45, 2.75) is 39.5 Å². The van der Waals surface area contributed by atoms with E-state index in [1.165, 1.54) is 12.8 Å². The second-order valence-corrected chi connectivity index (χ2v) is 8.42. The molecule has 2 heterocycles. The van der Waals surface area contributed by atoms with Gasteiger partial charge in [0.1, 0.15) is 0 Å². The van der Waals surface area contributed by atoms with Gasteiger partial charge in [-0.2, -0.15) is 12.7 Å². The van der Waals surface area contributed by atoms with Gasteiger partial charge in [0.2, 0.25) is 0 Å². The molecule has 2 fully saturated rings. The van der Waals surface area contributed by atoms with E-state index in [0.29, 0.717) is 37.4 Å². The molecule has 0 aromatic heterocycles. The third-order valence-electron chi connectivity index (χ3n) is 4.41. The predicted molar refractivity (Wildman–Crippen MR) is 88.9 cm³/mol. The fourth-order valence-electron chi connectivity index (χ4n) is 3.46. The molecule has 0 bridgehead atoms. The van der Waals surface area contributed by atoms with Gasteiger partial charge in [0, 0.05) is 19.6 Å². The van der Waals surface area contributed by atoms with Crippen LogP contribution in [-0.4, -0.2) is 45.4 Å². The molecule has 0 aliphatic carbocycles. The lowest BCUT2D eigenvalue weighted by Crippen LogP contribution is -2.48. The zero-order valence-corrected chi connectivity index (χ0v) is 14.8. The average Bonchev–Trinajstić information content (AvgIpc) is 2.38. The van der Waals surface area contributed by atoms with Crippen LogP contribution in [0.4, 0.5) is 0 Å². The normalized spacial score (nSPS) is 31.6. The number of piperidine rings is 2. The van der Waals surface area contributed by atoms with E-state index >= 15 is 0 Å². The molecule has 0 aromatic carbocycles. The van der Waals surface area contributed by atoms with Crippen LogP contribution in [0.2, 0.25) is 0 Å². The van der Waals surface area contributed by atoms with Crippen molar-refractivity contribution >= 4 is 22.6 Å². The predicted octanol–water partition coefficient (Wildman–Crippen LogP) is 1.61. The Kier molecular flexibility index (Phi) is 7.92. The Morgan fingerprint density at radius 2 is 1.90 bits per heavy atom. The van der Waals surface area contributed by atoms with Crippen molar-refractivity contribution in [3.8, 4) is 0 Å². The number of nitrogens with one attached hydrogen (secondary N) is 2. The summed E-state index contributed by atoms with van der Waals surface area (Å²) in [6.45, 7) is 8.27. The summed E-state index contributed by atoms with van der Waals surface area (Å²) in [6.07, 6.45) is 4.48. The molecule has 7 heteroatoms. The first-order chi connectivity index (χ1) is 9.47. The Morgan fingerprint density at radius 1 is 1.24 bits per heavy atom. The van der Waals surface area contributed by atoms with Crippen LogP contribution in [0.15, 0.2) is 0 Å². The van der Waals surface area contributed by atoms with Gasteiger partial charge in [-0.25, -0.2) is 4.72 Å². The molecule has 0 aromatic rings. The van der Waals surface area contributed by atoms with Crippen LogP contribution in [-0.2, 0) is 10.2 Å². The summed E-state index contributed by atoms with van der Waals surface area (Å²) >= 11 is 0. The molecule has 2 N–H and O–H groups in total. The quantitative estimate of drug-likeness (QED) is 0.800. The van der Waals surface area contributed by atoms with E-state index in [1.807, 2.05) is 0 Å². The Bertz CT molecular complexity index is 389. The topological polar surface area (TPSA) is 61.4 Å². The van der Waals surface area contributed by atoms with Crippen LogP contribution in [0.25, 0.3) is 0 Å². The Labute approximate surface area is 135 Å². The third kappa shape index (κ3) is 6.02. The van der Waals surface area contributed by atoms with E-state index in [1.54, 1.807) is 4.31 Å². The van der Waals surface area contributed by atoms with Crippen molar-refractivity contribution in [1.82, 2.24) is 14.3 Å². The smallest absolute Gasteiger partial charge is 0.279 e. The van der Waals surface area contributed by atoms with E-state index in [2.05, 4.69) is 23.9 Å². The fourth-order valence-corrected chi connectivity index (χ4v) is 4.92. The standard InChI is InChI=1S/C14H29N3O2S.ClH/c1-12-8-13(2)11-17(10-12)20(18,19)16-7-5-14-4-3-6-15-9-14;/h12-16H,3-11H2,1-2H3;1H. The Hall–Kier alpha value is 0.120. The van der Waals surface area contributed by atoms with Gasteiger partial charge in [-0.15, -0.1) is 12.4 Å². The Balaban J connectivity index is 0.00000220. The molecule has 2 saturated heterocycles. The van der Waals surface area contributed by atoms with Gasteiger partial charge in [-0.1, -0.05) is 13.8 Å². The molecule has 2 aliphatic rings. The number of hydrogen-bond donors (Lipinski definition) is 2. The summed E-state index contributed by atoms with van der Waals surface area (Å²) in [4.78, 5) is 0. The van der Waals surface area contributed by atoms with Gasteiger partial charge < -0.3 is 5.32 Å². The lowest BCUT2D eigenvalue weighted by molar-refractivity contribution is 0.220. The van der Waals surface area contributed by atoms with Gasteiger partial charge in [-0.3, -0.25) is 0 Å². The molecule has 0 saturated carbocycles. The molecule has 21 heavy (non-hydrogen) atoms. The van der Waals surface area contributed by atoms with Crippen LogP contribution in [0.3, 0.4) is 0 Å². The highest BCUT2D eigenvalue weighted by Gasteiger charge is 2.30. The minimum absolute atomic E-state index is 0. The van der Waals surface area contributed by atoms with Crippen molar-refractivity contribution in [3.63, 3.8) is 0 Å². The largest absolute Gasteiger partial charge is 0.316 e. The molecule has 3 unspecified atom stereocenters. The maximum Gasteiger partial charge on any atom is 0.279 e. The van der Waals surface area contributed by atoms with Gasteiger partial charge in [0.25, 0.3) is 10.2 Å². The van der Waals surface area contributed by atoms with Gasteiger partial charge in [0.15, 0.2) is 0 Å². The summed E-state index contributed by atoms with van der Waals surface area (Å²) in [7, 11) is -3.29. The maximum atomic E-state index is 12.3. The number of halogens is 1. The molecule has 0 radical (unpaired) electrons. The highest BCUT2D eigenvalue weighted by Crippen LogP contribution is 2.22. The van der Waals surface area contributed by atoms with E-state index in [9.17, 15) is 8.42 Å². The summed E-state index contributed by atoms with van der Waals surface area (Å²) in [5.41, 5.74) is 0. The maximum absolute atomic E-state index is 12.3. The molecular weight excluding hydrogens is 310 g/mol. The lowest BCUT2D eigenvalue weighted by atomic mass is 9.94. The van der Waals surface area contributed by atoms with Gasteiger partial charge >= 0.3 is 0 Å². The molecule has 2 rings (SSSR count). The van der Waals surface area contributed by atoms with Crippen LogP contribution >= 0.6 is 12.4 Å². The first-order valence-corrected chi connectivity index (χ1v) is 9.37. The molecule has 0 amide bonds. The first kappa shape index (κ1) is 19.2. The summed E-state index contributed by atoms with van der Waals surface area (Å²) in [5, 5.41) is 3.37. The van der Waals surface area contributed by atoms with E-state index in [0.717, 1.165) is 25.9 Å². The monoisotopic (exact) mass is 339 g/mol. The minimum atomic E-state index is -3.29. The van der Waals surface area contributed by atoms with E-state index < -0.39 is 10.2 Å². The minimum Gasteiger partial charge on any atom is -0.316 e. The molecular formula is C14H30ClN3O2S. The second kappa shape index (κ2) is 8.67. The molecule has 126 valence electrons. The lowest BCUT2D eigenvalue weighted by Gasteiger charge is -2.34. The first-order valence-electron chi connectivity index (χ1n) is 7.93. The highest BCUT2D eigenvalue weighted by molar-refractivity contribution is 7.87. The zero-order chi connectivity index (χ0) is 14.6. The fraction of sp³-hybridized carbons (Fsp3) is 1.00. The SMILES string of the molecule is CC1CC(C)CN(S(=O)(=O)NCCC2CCCNC2)C1.Cl. The van der Waals surface area contributed by atoms with E-state index in [4.69, 9.17) is 0 Å². The highest BCUT2D eigenvalue weighted by atomic mass is 35.5. The number of rotatable bonds is 5. The van der Waals surface area contributed by atoms with Crippen molar-refractivity contribution in [1.29, 1.82) is 0 Å². The van der Waals surface area contributed by atoms with Gasteiger partial charge in [0.05, 0.1) is 0 Å². The zero-order valence-electron chi connectivity index (χ0n) is 13.2. The molecule has 5 nitrogen and oxygen atoms in total. The average molecular weight is 340 g/mol. The summed E-state index contributed by atoms with van der Waals surface area (Å²) in [6, 6.07) is 0. The second-order valence-electron chi connectivity index (χ2n) is 6.66. The van der Waals surface area contributed by atoms with Crippen LogP contribution in [0.1, 0.15) is 39.5 Å². The number of nitrogens with zero attached hydrogens (tertiary/aromatic N) is 1. The molecule has 2 aliphatic heterocycles. The van der Waals surface area contributed by atoms with Crippen LogP contribution < -0.4 is 10.0 Å². The van der Waals surface area contributed by atoms with E-state index in [-0.39, 0.29) is 12.4 Å². The summed E-state index contributed by atoms with van der Waals surface area (Å²) in [5.74, 6) is 1.53. The van der Waals surface area contributed by atoms with Crippen molar-refractivity contribution in [3.05, 3.63) is 0 Å². The van der Waals surface area contributed by atoms with Crippen molar-refractivity contribution < 1.29 is 8.42 Å². The molecule has 0 spiro atoms. The van der Waals surface area contributed by atoms with Crippen LogP contribution in [0, 0.1) is 17.8 Å². The third-order valence-corrected chi connectivity index (χ3v) is 5.96. The number of hydrogen-bond acceptors (Lipinski definition) is 3.